The lowest BCUT2D eigenvalue weighted by atomic mass is 10.1. The van der Waals surface area contributed by atoms with Crippen molar-refractivity contribution in [2.24, 2.45) is 5.92 Å². The third kappa shape index (κ3) is 8.60. The second-order valence-electron chi connectivity index (χ2n) is 15.5. The number of nitrogens with one attached hydrogen (secondary N) is 3. The number of ether oxygens (including phenoxy) is 4. The highest BCUT2D eigenvalue weighted by Crippen LogP contribution is 2.46. The van der Waals surface area contributed by atoms with E-state index >= 15 is 0 Å². The number of benzene rings is 1. The second kappa shape index (κ2) is 15.4. The number of sulfonamides is 1. The van der Waals surface area contributed by atoms with Crippen LogP contribution in [0.3, 0.4) is 0 Å². The first kappa shape index (κ1) is 39.0. The molecule has 1 saturated heterocycles. The summed E-state index contributed by atoms with van der Waals surface area (Å²) >= 11 is 0. The Hall–Kier alpha value is -5.23. The SMILES string of the molecule is COc1ccc2c(OC3C[C@H]4C(=O)N[C@]5(C(=O)NS(=O)(=O)C6CC6)CC5/C=C\COCCC[C@H](NC(=O)OC(C)(C)C)C(=O)N4C3)nc(-c3ncco3)cc2c1. The number of aromatic nitrogens is 2. The number of hydrogen-bond acceptors (Lipinski definition) is 13. The molecule has 18 heteroatoms. The number of pyridine rings is 1. The summed E-state index contributed by atoms with van der Waals surface area (Å²) in [6.07, 6.45) is 6.29. The fraction of sp³-hybridized carbons (Fsp3) is 0.526. The number of alkyl carbamates (subject to hydrolysis) is 1. The molecule has 7 rings (SSSR count). The van der Waals surface area contributed by atoms with Crippen molar-refractivity contribution >= 4 is 44.6 Å². The quantitative estimate of drug-likeness (QED) is 0.280. The summed E-state index contributed by atoms with van der Waals surface area (Å²) < 4.78 is 56.6. The lowest BCUT2D eigenvalue weighted by Gasteiger charge is -2.30. The Kier molecular flexibility index (Phi) is 10.7. The van der Waals surface area contributed by atoms with Crippen molar-refractivity contribution in [3.05, 3.63) is 48.9 Å². The topological polar surface area (TPSA) is 218 Å². The molecule has 56 heavy (non-hydrogen) atoms. The maximum absolute atomic E-state index is 14.5. The molecule has 2 unspecified atom stereocenters. The van der Waals surface area contributed by atoms with E-state index in [1.54, 1.807) is 64.3 Å². The van der Waals surface area contributed by atoms with Crippen LogP contribution >= 0.6 is 0 Å². The molecule has 0 spiro atoms. The van der Waals surface area contributed by atoms with Gasteiger partial charge in [-0.15, -0.1) is 0 Å². The molecule has 4 heterocycles. The highest BCUT2D eigenvalue weighted by atomic mass is 32.2. The summed E-state index contributed by atoms with van der Waals surface area (Å²) in [6, 6.07) is 4.81. The van der Waals surface area contributed by atoms with Gasteiger partial charge in [-0.25, -0.2) is 23.2 Å². The maximum Gasteiger partial charge on any atom is 0.408 e. The predicted molar refractivity (Wildman–Crippen MR) is 200 cm³/mol. The minimum Gasteiger partial charge on any atom is -0.497 e. The number of carbonyl (C=O) groups excluding carboxylic acids is 4. The van der Waals surface area contributed by atoms with Gasteiger partial charge in [-0.05, 0) is 82.5 Å². The molecule has 17 nitrogen and oxygen atoms in total. The van der Waals surface area contributed by atoms with E-state index in [4.69, 9.17) is 28.3 Å². The number of rotatable bonds is 8. The van der Waals surface area contributed by atoms with E-state index in [2.05, 4.69) is 20.3 Å². The fourth-order valence-electron chi connectivity index (χ4n) is 7.05. The molecular formula is C38H46N6O11S. The monoisotopic (exact) mass is 794 g/mol. The zero-order valence-corrected chi connectivity index (χ0v) is 32.4. The number of oxazole rings is 1. The van der Waals surface area contributed by atoms with Crippen molar-refractivity contribution in [3.8, 4) is 23.2 Å². The number of amides is 4. The van der Waals surface area contributed by atoms with Crippen molar-refractivity contribution in [1.82, 2.24) is 30.2 Å². The molecule has 2 aliphatic heterocycles. The Balaban J connectivity index is 1.22. The van der Waals surface area contributed by atoms with Gasteiger partial charge >= 0.3 is 6.09 Å². The average molecular weight is 795 g/mol. The van der Waals surface area contributed by atoms with Crippen LogP contribution in [0.2, 0.25) is 0 Å². The van der Waals surface area contributed by atoms with Crippen LogP contribution in [0.15, 0.2) is 53.3 Å². The van der Waals surface area contributed by atoms with E-state index < -0.39 is 74.3 Å². The summed E-state index contributed by atoms with van der Waals surface area (Å²) in [5.74, 6) is -1.61. The smallest absolute Gasteiger partial charge is 0.408 e. The van der Waals surface area contributed by atoms with Crippen LogP contribution in [0, 0.1) is 5.92 Å². The van der Waals surface area contributed by atoms with Gasteiger partial charge in [0.1, 0.15) is 47.0 Å². The van der Waals surface area contributed by atoms with Gasteiger partial charge in [0.2, 0.25) is 33.6 Å². The number of carbonyl (C=O) groups is 4. The van der Waals surface area contributed by atoms with Gasteiger partial charge in [0.25, 0.3) is 5.91 Å². The zero-order chi connectivity index (χ0) is 39.8. The number of nitrogens with zero attached hydrogens (tertiary/aromatic N) is 3. The molecule has 0 radical (unpaired) electrons. The van der Waals surface area contributed by atoms with Crippen molar-refractivity contribution in [2.45, 2.75) is 93.9 Å². The average Bonchev–Trinajstić information content (AvgIpc) is 4.00. The number of methoxy groups -OCH3 is 1. The van der Waals surface area contributed by atoms with Gasteiger partial charge in [0.15, 0.2) is 0 Å². The van der Waals surface area contributed by atoms with E-state index in [1.165, 1.54) is 17.4 Å². The minimum atomic E-state index is -3.94. The molecule has 3 N–H and O–H groups in total. The third-order valence-electron chi connectivity index (χ3n) is 10.1. The summed E-state index contributed by atoms with van der Waals surface area (Å²) in [4.78, 5) is 66.0. The molecule has 5 atom stereocenters. The Morgan fingerprint density at radius 3 is 2.64 bits per heavy atom. The number of fused-ring (bicyclic) bond motifs is 3. The van der Waals surface area contributed by atoms with Gasteiger partial charge in [-0.3, -0.25) is 19.1 Å². The van der Waals surface area contributed by atoms with Crippen molar-refractivity contribution in [3.63, 3.8) is 0 Å². The molecule has 4 amide bonds. The predicted octanol–water partition coefficient (Wildman–Crippen LogP) is 2.99. The summed E-state index contributed by atoms with van der Waals surface area (Å²) in [5.41, 5.74) is -2.06. The highest BCUT2D eigenvalue weighted by Gasteiger charge is 2.62. The van der Waals surface area contributed by atoms with Crippen LogP contribution in [0.4, 0.5) is 4.79 Å². The molecule has 300 valence electrons. The number of hydrogen-bond donors (Lipinski definition) is 3. The van der Waals surface area contributed by atoms with E-state index in [0.29, 0.717) is 41.5 Å². The third-order valence-corrected chi connectivity index (χ3v) is 11.9. The van der Waals surface area contributed by atoms with Crippen LogP contribution in [0.1, 0.15) is 59.3 Å². The second-order valence-corrected chi connectivity index (χ2v) is 17.5. The Morgan fingerprint density at radius 2 is 1.93 bits per heavy atom. The van der Waals surface area contributed by atoms with Crippen LogP contribution in [-0.2, 0) is 33.9 Å². The van der Waals surface area contributed by atoms with Crippen molar-refractivity contribution < 1.29 is 51.0 Å². The van der Waals surface area contributed by atoms with E-state index in [0.717, 1.165) is 0 Å². The standard InChI is InChI=1S/C38H46N6O11S/c1-37(2,3)55-36(48)41-28-8-6-15-52-14-5-7-23-20-38(23,35(47)43-56(49,50)26-10-11-26)42-31(45)30-19-25(21-44(30)34(28)46)54-32-27-12-9-24(51-4)17-22(27)18-29(40-32)33-39-13-16-53-33/h5,7,9,12-13,16-18,23,25-26,28,30H,6,8,10-11,14-15,19-21H2,1-4H3,(H,41,48)(H,42,45)(H,43,47)/b7-5-/t23?,25?,28-,30-,38+/m0/s1. The Morgan fingerprint density at radius 1 is 1.12 bits per heavy atom. The lowest BCUT2D eigenvalue weighted by molar-refractivity contribution is -0.141. The van der Waals surface area contributed by atoms with E-state index in [1.807, 2.05) is 0 Å². The van der Waals surface area contributed by atoms with Gasteiger partial charge in [-0.1, -0.05) is 12.2 Å². The molecule has 3 aromatic rings. The van der Waals surface area contributed by atoms with E-state index in [-0.39, 0.29) is 50.8 Å². The molecule has 0 bridgehead atoms. The van der Waals surface area contributed by atoms with Crippen molar-refractivity contribution in [2.75, 3.05) is 26.9 Å². The van der Waals surface area contributed by atoms with Crippen LogP contribution < -0.4 is 24.8 Å². The zero-order valence-electron chi connectivity index (χ0n) is 31.6. The van der Waals surface area contributed by atoms with Gasteiger partial charge in [-0.2, -0.15) is 0 Å². The van der Waals surface area contributed by atoms with Crippen LogP contribution in [0.5, 0.6) is 11.6 Å². The summed E-state index contributed by atoms with van der Waals surface area (Å²) in [6.45, 7) is 5.44. The fourth-order valence-corrected chi connectivity index (χ4v) is 8.41. The normalized spacial score (nSPS) is 26.5. The molecule has 4 aliphatic rings. The minimum absolute atomic E-state index is 0.0268. The maximum atomic E-state index is 14.5. The summed E-state index contributed by atoms with van der Waals surface area (Å²) in [5, 5.41) is 6.18. The van der Waals surface area contributed by atoms with Crippen molar-refractivity contribution in [1.29, 1.82) is 0 Å². The molecule has 2 aromatic heterocycles. The highest BCUT2D eigenvalue weighted by molar-refractivity contribution is 7.91. The summed E-state index contributed by atoms with van der Waals surface area (Å²) in [7, 11) is -2.39. The lowest BCUT2D eigenvalue weighted by Crippen LogP contribution is -2.58. The van der Waals surface area contributed by atoms with Gasteiger partial charge in [0.05, 0.1) is 31.7 Å². The molecule has 3 fully saturated rings. The van der Waals surface area contributed by atoms with Crippen LogP contribution in [0.25, 0.3) is 22.4 Å². The Bertz CT molecular complexity index is 2130. The van der Waals surface area contributed by atoms with Crippen LogP contribution in [-0.4, -0.2) is 109 Å². The molecule has 2 saturated carbocycles. The molecular weight excluding hydrogens is 749 g/mol. The van der Waals surface area contributed by atoms with Gasteiger partial charge < -0.3 is 38.9 Å². The first-order valence-electron chi connectivity index (χ1n) is 18.6. The first-order valence-corrected chi connectivity index (χ1v) is 20.2. The Labute approximate surface area is 323 Å². The first-order chi connectivity index (χ1) is 26.7. The van der Waals surface area contributed by atoms with E-state index in [9.17, 15) is 27.6 Å². The molecule has 1 aromatic carbocycles. The molecule has 2 aliphatic carbocycles. The largest absolute Gasteiger partial charge is 0.497 e. The van der Waals surface area contributed by atoms with Gasteiger partial charge in [0, 0.05) is 24.3 Å².